The van der Waals surface area contributed by atoms with Crippen LogP contribution in [-0.4, -0.2) is 27.8 Å². The van der Waals surface area contributed by atoms with E-state index in [1.807, 2.05) is 0 Å². The normalized spacial score (nSPS) is 13.0. The van der Waals surface area contributed by atoms with Crippen molar-refractivity contribution in [3.63, 3.8) is 0 Å². The number of rotatable bonds is 5. The average molecular weight is 560 g/mol. The molecule has 4 rings (SSSR count). The zero-order chi connectivity index (χ0) is 26.4. The minimum Gasteiger partial charge on any atom is -0.490 e. The number of nitro benzene ring substituents is 1. The third-order valence-electron chi connectivity index (χ3n) is 5.35. The number of benzene rings is 2. The highest BCUT2D eigenvalue weighted by atomic mass is 35.5. The molecule has 0 radical (unpaired) electrons. The highest BCUT2D eigenvalue weighted by Gasteiger charge is 2.36. The van der Waals surface area contributed by atoms with Crippen molar-refractivity contribution < 1.29 is 27.6 Å². The Labute approximate surface area is 215 Å². The van der Waals surface area contributed by atoms with Crippen LogP contribution in [0.3, 0.4) is 0 Å². The van der Waals surface area contributed by atoms with Crippen molar-refractivity contribution >= 4 is 46.6 Å². The maximum atomic E-state index is 13.4. The molecule has 1 aliphatic rings. The quantitative estimate of drug-likeness (QED) is 0.307. The van der Waals surface area contributed by atoms with Gasteiger partial charge in [-0.3, -0.25) is 19.7 Å². The van der Waals surface area contributed by atoms with Crippen molar-refractivity contribution in [1.82, 2.24) is 9.88 Å². The van der Waals surface area contributed by atoms with Gasteiger partial charge in [0.1, 0.15) is 11.3 Å². The maximum absolute atomic E-state index is 13.4. The number of pyridine rings is 1. The summed E-state index contributed by atoms with van der Waals surface area (Å²) in [4.78, 5) is 39.7. The molecule has 3 aromatic rings. The molecule has 8 nitrogen and oxygen atoms in total. The Kier molecular flexibility index (Phi) is 6.95. The number of hydrogen-bond acceptors (Lipinski definition) is 6. The number of ether oxygens (including phenoxy) is 1. The second-order valence-electron chi connectivity index (χ2n) is 7.61. The molecule has 1 aliphatic heterocycles. The number of halogens is 5. The van der Waals surface area contributed by atoms with Crippen LogP contribution in [0.1, 0.15) is 27.2 Å². The van der Waals surface area contributed by atoms with Gasteiger partial charge in [-0.2, -0.15) is 13.2 Å². The van der Waals surface area contributed by atoms with Crippen molar-refractivity contribution in [3.05, 3.63) is 89.3 Å². The van der Waals surface area contributed by atoms with Crippen LogP contribution >= 0.6 is 35.0 Å². The first-order valence-electron chi connectivity index (χ1n) is 10.0. The minimum atomic E-state index is -4.89. The molecule has 0 saturated heterocycles. The summed E-state index contributed by atoms with van der Waals surface area (Å²) in [6.07, 6.45) is -4.89. The molecule has 0 spiro atoms. The molecule has 0 aliphatic carbocycles. The van der Waals surface area contributed by atoms with E-state index in [4.69, 9.17) is 27.9 Å². The third-order valence-corrected chi connectivity index (χ3v) is 7.39. The molecule has 1 amide bonds. The number of H-pyrrole nitrogens is 1. The van der Waals surface area contributed by atoms with Gasteiger partial charge in [-0.05, 0) is 35.4 Å². The van der Waals surface area contributed by atoms with Crippen molar-refractivity contribution in [1.29, 1.82) is 0 Å². The fourth-order valence-electron chi connectivity index (χ4n) is 3.68. The molecule has 188 valence electrons. The van der Waals surface area contributed by atoms with Gasteiger partial charge in [0.25, 0.3) is 11.5 Å². The third kappa shape index (κ3) is 4.88. The lowest BCUT2D eigenvalue weighted by atomic mass is 10.1. The minimum absolute atomic E-state index is 0.00923. The molecule has 1 N–H and O–H groups in total. The monoisotopic (exact) mass is 559 g/mol. The van der Waals surface area contributed by atoms with E-state index in [2.05, 4.69) is 0 Å². The van der Waals surface area contributed by atoms with E-state index in [9.17, 15) is 32.9 Å². The Morgan fingerprint density at radius 1 is 1.17 bits per heavy atom. The summed E-state index contributed by atoms with van der Waals surface area (Å²) in [7, 11) is 1.26. The number of fused-ring (bicyclic) bond motifs is 1. The van der Waals surface area contributed by atoms with Gasteiger partial charge in [0.15, 0.2) is 5.75 Å². The maximum Gasteiger partial charge on any atom is 0.431 e. The molecule has 0 saturated carbocycles. The number of nitro groups is 1. The molecule has 0 bridgehead atoms. The van der Waals surface area contributed by atoms with E-state index < -0.39 is 33.8 Å². The number of methoxy groups -OCH3 is 1. The first kappa shape index (κ1) is 25.9. The van der Waals surface area contributed by atoms with Gasteiger partial charge < -0.3 is 14.6 Å². The van der Waals surface area contributed by atoms with Gasteiger partial charge in [0, 0.05) is 28.9 Å². The lowest BCUT2D eigenvalue weighted by Gasteiger charge is -2.18. The molecule has 2 aromatic carbocycles. The second kappa shape index (κ2) is 9.68. The average Bonchev–Trinajstić information content (AvgIpc) is 3.22. The van der Waals surface area contributed by atoms with Crippen molar-refractivity contribution in [3.8, 4) is 5.75 Å². The highest BCUT2D eigenvalue weighted by molar-refractivity contribution is 7.99. The SMILES string of the molecule is COc1cc2c(cc1[N+](=O)[O-])CN(C(=O)c1c(Sc3c(Cl)cccc3Cl)cc(C(F)(F)F)[nH]c1=O)C2. The highest BCUT2D eigenvalue weighted by Crippen LogP contribution is 2.42. The molecule has 0 atom stereocenters. The first-order chi connectivity index (χ1) is 16.9. The van der Waals surface area contributed by atoms with E-state index in [0.29, 0.717) is 29.0 Å². The number of aromatic nitrogens is 1. The van der Waals surface area contributed by atoms with Crippen LogP contribution in [0.4, 0.5) is 18.9 Å². The first-order valence-corrected chi connectivity index (χ1v) is 11.6. The zero-order valence-corrected chi connectivity index (χ0v) is 20.4. The molecular formula is C22H14Cl2F3N3O5S. The van der Waals surface area contributed by atoms with Crippen LogP contribution in [0.25, 0.3) is 0 Å². The number of alkyl halides is 3. The van der Waals surface area contributed by atoms with E-state index in [1.165, 1.54) is 42.3 Å². The van der Waals surface area contributed by atoms with Crippen molar-refractivity contribution in [2.75, 3.05) is 7.11 Å². The predicted molar refractivity (Wildman–Crippen MR) is 126 cm³/mol. The van der Waals surface area contributed by atoms with Crippen LogP contribution < -0.4 is 10.3 Å². The summed E-state index contributed by atoms with van der Waals surface area (Å²) < 4.78 is 45.4. The number of amides is 1. The van der Waals surface area contributed by atoms with Gasteiger partial charge >= 0.3 is 11.9 Å². The topological polar surface area (TPSA) is 106 Å². The lowest BCUT2D eigenvalue weighted by Crippen LogP contribution is -2.32. The molecule has 0 unspecified atom stereocenters. The summed E-state index contributed by atoms with van der Waals surface area (Å²) in [6, 6.07) is 7.79. The van der Waals surface area contributed by atoms with Gasteiger partial charge in [0.05, 0.1) is 22.1 Å². The molecule has 2 heterocycles. The van der Waals surface area contributed by atoms with E-state index in [1.54, 1.807) is 4.98 Å². The Morgan fingerprint density at radius 2 is 1.78 bits per heavy atom. The van der Waals surface area contributed by atoms with Gasteiger partial charge in [-0.25, -0.2) is 0 Å². The number of carbonyl (C=O) groups is 1. The molecular weight excluding hydrogens is 546 g/mol. The summed E-state index contributed by atoms with van der Waals surface area (Å²) >= 11 is 13.0. The van der Waals surface area contributed by atoms with Crippen LogP contribution in [0.15, 0.2) is 51.0 Å². The van der Waals surface area contributed by atoms with E-state index >= 15 is 0 Å². The smallest absolute Gasteiger partial charge is 0.431 e. The summed E-state index contributed by atoms with van der Waals surface area (Å²) in [5.41, 5.74) is -2.46. The molecule has 36 heavy (non-hydrogen) atoms. The van der Waals surface area contributed by atoms with Crippen molar-refractivity contribution in [2.24, 2.45) is 0 Å². The summed E-state index contributed by atoms with van der Waals surface area (Å²) in [5.74, 6) is -0.876. The predicted octanol–water partition coefficient (Wildman–Crippen LogP) is 5.92. The Balaban J connectivity index is 1.78. The van der Waals surface area contributed by atoms with Crippen LogP contribution in [0.2, 0.25) is 10.0 Å². The lowest BCUT2D eigenvalue weighted by molar-refractivity contribution is -0.385. The number of hydrogen-bond donors (Lipinski definition) is 1. The summed E-state index contributed by atoms with van der Waals surface area (Å²) in [6.45, 7) is -0.143. The Hall–Kier alpha value is -3.22. The van der Waals surface area contributed by atoms with Gasteiger partial charge in [0.2, 0.25) is 0 Å². The number of carbonyl (C=O) groups excluding carboxylic acids is 1. The van der Waals surface area contributed by atoms with Crippen LogP contribution in [0, 0.1) is 10.1 Å². The largest absolute Gasteiger partial charge is 0.490 e. The fourth-order valence-corrected chi connectivity index (χ4v) is 5.32. The van der Waals surface area contributed by atoms with Crippen LogP contribution in [0.5, 0.6) is 5.75 Å². The van der Waals surface area contributed by atoms with E-state index in [-0.39, 0.29) is 44.4 Å². The van der Waals surface area contributed by atoms with Crippen LogP contribution in [-0.2, 0) is 19.3 Å². The Morgan fingerprint density at radius 3 is 2.33 bits per heavy atom. The molecule has 14 heteroatoms. The molecule has 0 fully saturated rings. The standard InChI is InChI=1S/C22H14Cl2F3N3O5S/c1-35-15-6-11-9-29(8-10(11)5-14(15)30(33)34)21(32)18-16(7-17(22(25,26)27)28-20(18)31)36-19-12(23)3-2-4-13(19)24/h2-7H,8-9H2,1H3,(H,28,31). The van der Waals surface area contributed by atoms with Gasteiger partial charge in [-0.1, -0.05) is 41.0 Å². The zero-order valence-electron chi connectivity index (χ0n) is 18.1. The van der Waals surface area contributed by atoms with Crippen molar-refractivity contribution in [2.45, 2.75) is 29.1 Å². The number of nitrogens with one attached hydrogen (secondary N) is 1. The second-order valence-corrected chi connectivity index (χ2v) is 9.48. The Bertz CT molecular complexity index is 1440. The number of aromatic amines is 1. The van der Waals surface area contributed by atoms with E-state index in [0.717, 1.165) is 0 Å². The molecule has 1 aromatic heterocycles. The number of nitrogens with zero attached hydrogens (tertiary/aromatic N) is 2. The fraction of sp³-hybridized carbons (Fsp3) is 0.182. The van der Waals surface area contributed by atoms with Gasteiger partial charge in [-0.15, -0.1) is 0 Å². The summed E-state index contributed by atoms with van der Waals surface area (Å²) in [5, 5.41) is 11.6.